The zero-order valence-electron chi connectivity index (χ0n) is 14.9. The predicted molar refractivity (Wildman–Crippen MR) is 98.3 cm³/mol. The lowest BCUT2D eigenvalue weighted by molar-refractivity contribution is 0.0599. The van der Waals surface area contributed by atoms with Crippen molar-refractivity contribution in [2.24, 2.45) is 0 Å². The minimum Gasteiger partial charge on any atom is -0.497 e. The van der Waals surface area contributed by atoms with E-state index in [4.69, 9.17) is 14.2 Å². The third-order valence-corrected chi connectivity index (χ3v) is 3.94. The van der Waals surface area contributed by atoms with Crippen molar-refractivity contribution in [2.45, 2.75) is 6.61 Å². The van der Waals surface area contributed by atoms with E-state index in [1.165, 1.54) is 44.7 Å². The molecule has 0 atom stereocenters. The molecule has 0 aliphatic carbocycles. The smallest absolute Gasteiger partial charge is 0.339 e. The number of halogens is 1. The first-order valence-corrected chi connectivity index (χ1v) is 8.21. The summed E-state index contributed by atoms with van der Waals surface area (Å²) >= 11 is 0. The molecule has 2 aromatic carbocycles. The van der Waals surface area contributed by atoms with Gasteiger partial charge in [-0.1, -0.05) is 30.3 Å². The number of carbonyl (C=O) groups is 1. The molecule has 0 radical (unpaired) electrons. The molecule has 0 saturated carbocycles. The summed E-state index contributed by atoms with van der Waals surface area (Å²) in [4.78, 5) is 16.1. The molecule has 0 bridgehead atoms. The van der Waals surface area contributed by atoms with Crippen molar-refractivity contribution in [1.82, 2.24) is 4.98 Å². The van der Waals surface area contributed by atoms with Crippen molar-refractivity contribution in [2.75, 3.05) is 14.2 Å². The summed E-state index contributed by atoms with van der Waals surface area (Å²) in [6.07, 6.45) is 1.33. The Labute approximate surface area is 156 Å². The van der Waals surface area contributed by atoms with Crippen molar-refractivity contribution >= 4 is 5.97 Å². The second-order valence-electron chi connectivity index (χ2n) is 5.68. The number of aromatic nitrogens is 1. The van der Waals surface area contributed by atoms with Crippen molar-refractivity contribution < 1.29 is 23.4 Å². The lowest BCUT2D eigenvalue weighted by Gasteiger charge is -2.13. The second-order valence-corrected chi connectivity index (χ2v) is 5.68. The van der Waals surface area contributed by atoms with Crippen LogP contribution in [0.25, 0.3) is 11.3 Å². The van der Waals surface area contributed by atoms with E-state index in [-0.39, 0.29) is 29.2 Å². The fourth-order valence-corrected chi connectivity index (χ4v) is 2.53. The van der Waals surface area contributed by atoms with Gasteiger partial charge in [0.2, 0.25) is 0 Å². The maximum atomic E-state index is 14.4. The van der Waals surface area contributed by atoms with Crippen molar-refractivity contribution in [3.63, 3.8) is 0 Å². The van der Waals surface area contributed by atoms with Gasteiger partial charge >= 0.3 is 5.97 Å². The van der Waals surface area contributed by atoms with Gasteiger partial charge in [0.15, 0.2) is 0 Å². The fraction of sp³-hybridized carbons (Fsp3) is 0.143. The number of nitrogens with zero attached hydrogens (tertiary/aromatic N) is 1. The molecule has 0 fully saturated rings. The maximum absolute atomic E-state index is 14.4. The Bertz CT molecular complexity index is 944. The van der Waals surface area contributed by atoms with E-state index in [1.54, 1.807) is 0 Å². The minimum absolute atomic E-state index is 0.215. The first kappa shape index (κ1) is 18.4. The van der Waals surface area contributed by atoms with Crippen LogP contribution in [0.15, 0.2) is 60.8 Å². The summed E-state index contributed by atoms with van der Waals surface area (Å²) in [7, 11) is 2.78. The second kappa shape index (κ2) is 8.31. The number of esters is 1. The van der Waals surface area contributed by atoms with Gasteiger partial charge < -0.3 is 14.2 Å². The van der Waals surface area contributed by atoms with E-state index in [0.29, 0.717) is 5.75 Å². The quantitative estimate of drug-likeness (QED) is 0.609. The highest BCUT2D eigenvalue weighted by molar-refractivity contribution is 5.90. The van der Waals surface area contributed by atoms with Crippen LogP contribution in [-0.4, -0.2) is 25.2 Å². The highest BCUT2D eigenvalue weighted by Gasteiger charge is 2.17. The Hall–Kier alpha value is -3.41. The van der Waals surface area contributed by atoms with E-state index in [2.05, 4.69) is 4.98 Å². The van der Waals surface area contributed by atoms with E-state index in [9.17, 15) is 9.18 Å². The van der Waals surface area contributed by atoms with Crippen LogP contribution in [-0.2, 0) is 11.3 Å². The fourth-order valence-electron chi connectivity index (χ4n) is 2.53. The van der Waals surface area contributed by atoms with Gasteiger partial charge in [0.1, 0.15) is 29.6 Å². The SMILES string of the molecule is COC(=O)c1cnc(-c2cc(OC)ccc2F)c(OCc2ccccc2)c1. The molecule has 0 saturated heterocycles. The van der Waals surface area contributed by atoms with Crippen LogP contribution in [0.1, 0.15) is 15.9 Å². The molecular weight excluding hydrogens is 349 g/mol. The highest BCUT2D eigenvalue weighted by atomic mass is 19.1. The molecule has 0 aliphatic heterocycles. The number of carbonyl (C=O) groups excluding carboxylic acids is 1. The van der Waals surface area contributed by atoms with Crippen LogP contribution in [0.5, 0.6) is 11.5 Å². The Morgan fingerprint density at radius 1 is 1.07 bits per heavy atom. The number of benzene rings is 2. The van der Waals surface area contributed by atoms with Crippen LogP contribution in [0, 0.1) is 5.82 Å². The van der Waals surface area contributed by atoms with E-state index < -0.39 is 11.8 Å². The molecule has 1 heterocycles. The van der Waals surface area contributed by atoms with Crippen LogP contribution >= 0.6 is 0 Å². The Kier molecular flexibility index (Phi) is 5.66. The van der Waals surface area contributed by atoms with Crippen molar-refractivity contribution in [3.8, 4) is 22.8 Å². The molecule has 3 rings (SSSR count). The number of methoxy groups -OCH3 is 2. The molecule has 0 aliphatic rings. The van der Waals surface area contributed by atoms with Crippen LogP contribution in [0.4, 0.5) is 4.39 Å². The molecule has 0 spiro atoms. The summed E-state index contributed by atoms with van der Waals surface area (Å²) < 4.78 is 30.2. The molecule has 0 amide bonds. The molecule has 6 heteroatoms. The zero-order valence-corrected chi connectivity index (χ0v) is 14.9. The Morgan fingerprint density at radius 2 is 1.85 bits per heavy atom. The lowest BCUT2D eigenvalue weighted by Crippen LogP contribution is -2.05. The van der Waals surface area contributed by atoms with Crippen LogP contribution < -0.4 is 9.47 Å². The van der Waals surface area contributed by atoms with Gasteiger partial charge in [0, 0.05) is 11.8 Å². The standard InChI is InChI=1S/C21H18FNO4/c1-25-16-8-9-18(22)17(11-16)20-19(10-15(12-23-20)21(24)26-2)27-13-14-6-4-3-5-7-14/h3-12H,13H2,1-2H3. The molecular formula is C21H18FNO4. The molecule has 0 N–H and O–H groups in total. The number of ether oxygens (including phenoxy) is 3. The predicted octanol–water partition coefficient (Wildman–Crippen LogP) is 4.26. The number of rotatable bonds is 6. The van der Waals surface area contributed by atoms with E-state index >= 15 is 0 Å². The van der Waals surface area contributed by atoms with Gasteiger partial charge in [-0.2, -0.15) is 0 Å². The Morgan fingerprint density at radius 3 is 2.56 bits per heavy atom. The van der Waals surface area contributed by atoms with Gasteiger partial charge in [-0.25, -0.2) is 9.18 Å². The first-order valence-electron chi connectivity index (χ1n) is 8.21. The van der Waals surface area contributed by atoms with Crippen LogP contribution in [0.3, 0.4) is 0 Å². The summed E-state index contributed by atoms with van der Waals surface area (Å²) in [5.74, 6) is -0.267. The zero-order chi connectivity index (χ0) is 19.2. The summed E-state index contributed by atoms with van der Waals surface area (Å²) in [6, 6.07) is 15.3. The average molecular weight is 367 g/mol. The normalized spacial score (nSPS) is 10.3. The average Bonchev–Trinajstić information content (AvgIpc) is 2.72. The van der Waals surface area contributed by atoms with E-state index in [1.807, 2.05) is 30.3 Å². The molecule has 5 nitrogen and oxygen atoms in total. The number of hydrogen-bond donors (Lipinski definition) is 0. The third-order valence-electron chi connectivity index (χ3n) is 3.94. The maximum Gasteiger partial charge on any atom is 0.339 e. The van der Waals surface area contributed by atoms with E-state index in [0.717, 1.165) is 5.56 Å². The highest BCUT2D eigenvalue weighted by Crippen LogP contribution is 2.33. The largest absolute Gasteiger partial charge is 0.497 e. The van der Waals surface area contributed by atoms with Crippen molar-refractivity contribution in [3.05, 3.63) is 77.7 Å². The number of pyridine rings is 1. The topological polar surface area (TPSA) is 57.7 Å². The molecule has 1 aromatic heterocycles. The Balaban J connectivity index is 2.03. The summed E-state index contributed by atoms with van der Waals surface area (Å²) in [5.41, 5.74) is 1.63. The van der Waals surface area contributed by atoms with Gasteiger partial charge in [-0.05, 0) is 29.8 Å². The summed E-state index contributed by atoms with van der Waals surface area (Å²) in [5, 5.41) is 0. The van der Waals surface area contributed by atoms with Crippen molar-refractivity contribution in [1.29, 1.82) is 0 Å². The van der Waals surface area contributed by atoms with Crippen LogP contribution in [0.2, 0.25) is 0 Å². The minimum atomic E-state index is -0.551. The first-order chi connectivity index (χ1) is 13.1. The molecule has 3 aromatic rings. The number of hydrogen-bond acceptors (Lipinski definition) is 5. The third kappa shape index (κ3) is 4.23. The van der Waals surface area contributed by atoms with Gasteiger partial charge in [-0.15, -0.1) is 0 Å². The monoisotopic (exact) mass is 367 g/mol. The van der Waals surface area contributed by atoms with Gasteiger partial charge in [0.05, 0.1) is 19.8 Å². The molecule has 27 heavy (non-hydrogen) atoms. The molecule has 0 unspecified atom stereocenters. The lowest BCUT2D eigenvalue weighted by atomic mass is 10.1. The van der Waals surface area contributed by atoms with Gasteiger partial charge in [-0.3, -0.25) is 4.98 Å². The summed E-state index contributed by atoms with van der Waals surface area (Å²) in [6.45, 7) is 0.242. The van der Waals surface area contributed by atoms with Gasteiger partial charge in [0.25, 0.3) is 0 Å². The molecule has 138 valence electrons.